The van der Waals surface area contributed by atoms with Crippen LogP contribution in [0.5, 0.6) is 5.75 Å². The summed E-state index contributed by atoms with van der Waals surface area (Å²) in [6, 6.07) is 6.33. The quantitative estimate of drug-likeness (QED) is 0.578. The van der Waals surface area contributed by atoms with E-state index >= 15 is 0 Å². The Kier molecular flexibility index (Phi) is 5.53. The number of thioether (sulfide) groups is 2. The van der Waals surface area contributed by atoms with Crippen molar-refractivity contribution in [2.24, 2.45) is 0 Å². The first-order valence-electron chi connectivity index (χ1n) is 5.61. The third kappa shape index (κ3) is 4.43. The summed E-state index contributed by atoms with van der Waals surface area (Å²) in [6.07, 6.45) is 1.97. The van der Waals surface area contributed by atoms with Gasteiger partial charge in [-0.25, -0.2) is 4.39 Å². The summed E-state index contributed by atoms with van der Waals surface area (Å²) in [6.45, 7) is 0.381. The number of para-hydroxylation sites is 1. The van der Waals surface area contributed by atoms with Gasteiger partial charge in [0.1, 0.15) is 0 Å². The zero-order valence-corrected chi connectivity index (χ0v) is 12.0. The summed E-state index contributed by atoms with van der Waals surface area (Å²) in [5.41, 5.74) is 0. The van der Waals surface area contributed by atoms with E-state index < -0.39 is 0 Å². The van der Waals surface area contributed by atoms with Crippen molar-refractivity contribution in [3.8, 4) is 5.75 Å². The van der Waals surface area contributed by atoms with Crippen LogP contribution in [0.15, 0.2) is 33.9 Å². The van der Waals surface area contributed by atoms with Gasteiger partial charge in [0.05, 0.1) is 12.4 Å². The van der Waals surface area contributed by atoms with Crippen LogP contribution in [0.1, 0.15) is 5.89 Å². The molecule has 0 amide bonds. The van der Waals surface area contributed by atoms with Crippen LogP contribution in [0.25, 0.3) is 0 Å². The maximum atomic E-state index is 13.3. The summed E-state index contributed by atoms with van der Waals surface area (Å²) < 4.78 is 24.0. The van der Waals surface area contributed by atoms with Crippen molar-refractivity contribution in [3.63, 3.8) is 0 Å². The first-order chi connectivity index (χ1) is 9.29. The van der Waals surface area contributed by atoms with Crippen molar-refractivity contribution in [3.05, 3.63) is 36.0 Å². The van der Waals surface area contributed by atoms with Gasteiger partial charge in [-0.3, -0.25) is 0 Å². The molecule has 0 saturated carbocycles. The number of aromatic nitrogens is 2. The second-order valence-electron chi connectivity index (χ2n) is 3.52. The zero-order chi connectivity index (χ0) is 13.5. The van der Waals surface area contributed by atoms with Crippen LogP contribution in [0.4, 0.5) is 4.39 Å². The van der Waals surface area contributed by atoms with E-state index in [2.05, 4.69) is 10.2 Å². The normalized spacial score (nSPS) is 10.6. The second kappa shape index (κ2) is 7.40. The Morgan fingerprint density at radius 1 is 1.32 bits per heavy atom. The second-order valence-corrected chi connectivity index (χ2v) is 5.43. The molecular weight excluding hydrogens is 287 g/mol. The zero-order valence-electron chi connectivity index (χ0n) is 10.3. The van der Waals surface area contributed by atoms with Gasteiger partial charge in [-0.15, -0.1) is 10.2 Å². The number of rotatable bonds is 7. The molecule has 0 atom stereocenters. The van der Waals surface area contributed by atoms with Crippen molar-refractivity contribution in [2.75, 3.05) is 18.6 Å². The Labute approximate surface area is 119 Å². The molecule has 0 N–H and O–H groups in total. The average Bonchev–Trinajstić information content (AvgIpc) is 2.85. The van der Waals surface area contributed by atoms with Crippen molar-refractivity contribution < 1.29 is 13.5 Å². The molecule has 0 spiro atoms. The largest absolute Gasteiger partial charge is 0.490 e. The van der Waals surface area contributed by atoms with Gasteiger partial charge in [0, 0.05) is 5.75 Å². The molecular formula is C12H13FN2O2S2. The monoisotopic (exact) mass is 300 g/mol. The summed E-state index contributed by atoms with van der Waals surface area (Å²) in [7, 11) is 0. The van der Waals surface area contributed by atoms with E-state index in [1.807, 2.05) is 6.26 Å². The van der Waals surface area contributed by atoms with Crippen molar-refractivity contribution in [2.45, 2.75) is 11.0 Å². The van der Waals surface area contributed by atoms with Gasteiger partial charge in [-0.1, -0.05) is 23.9 Å². The molecule has 102 valence electrons. The van der Waals surface area contributed by atoms with Crippen LogP contribution in [-0.2, 0) is 5.75 Å². The van der Waals surface area contributed by atoms with Crippen LogP contribution < -0.4 is 4.74 Å². The van der Waals surface area contributed by atoms with E-state index in [9.17, 15) is 4.39 Å². The SMILES string of the molecule is CSCc1nnc(SCCOc2ccccc2F)o1. The third-order valence-corrected chi connectivity index (χ3v) is 3.44. The molecule has 1 aromatic carbocycles. The predicted octanol–water partition coefficient (Wildman–Crippen LogP) is 3.24. The van der Waals surface area contributed by atoms with Crippen LogP contribution in [-0.4, -0.2) is 28.8 Å². The lowest BCUT2D eigenvalue weighted by molar-refractivity contribution is 0.324. The van der Waals surface area contributed by atoms with Gasteiger partial charge in [0.2, 0.25) is 5.89 Å². The van der Waals surface area contributed by atoms with Crippen molar-refractivity contribution in [1.82, 2.24) is 10.2 Å². The highest BCUT2D eigenvalue weighted by molar-refractivity contribution is 7.99. The van der Waals surface area contributed by atoms with E-state index in [0.717, 1.165) is 0 Å². The Balaban J connectivity index is 1.73. The van der Waals surface area contributed by atoms with Gasteiger partial charge < -0.3 is 9.15 Å². The molecule has 0 saturated heterocycles. The van der Waals surface area contributed by atoms with E-state index in [1.54, 1.807) is 30.0 Å². The number of hydrogen-bond donors (Lipinski definition) is 0. The molecule has 0 unspecified atom stereocenters. The summed E-state index contributed by atoms with van der Waals surface area (Å²) in [4.78, 5) is 0. The maximum Gasteiger partial charge on any atom is 0.276 e. The fourth-order valence-corrected chi connectivity index (χ4v) is 2.28. The van der Waals surface area contributed by atoms with Crippen LogP contribution >= 0.6 is 23.5 Å². The fourth-order valence-electron chi connectivity index (χ4n) is 1.32. The number of halogens is 1. The lowest BCUT2D eigenvalue weighted by Gasteiger charge is -2.05. The van der Waals surface area contributed by atoms with E-state index in [-0.39, 0.29) is 11.6 Å². The highest BCUT2D eigenvalue weighted by atomic mass is 32.2. The third-order valence-electron chi connectivity index (χ3n) is 2.12. The highest BCUT2D eigenvalue weighted by Gasteiger charge is 2.06. The van der Waals surface area contributed by atoms with Crippen LogP contribution in [0.2, 0.25) is 0 Å². The Hall–Kier alpha value is -1.21. The predicted molar refractivity (Wildman–Crippen MR) is 74.1 cm³/mol. The molecule has 2 rings (SSSR count). The maximum absolute atomic E-state index is 13.3. The lowest BCUT2D eigenvalue weighted by Crippen LogP contribution is -2.01. The van der Waals surface area contributed by atoms with E-state index in [0.29, 0.717) is 29.2 Å². The molecule has 1 heterocycles. The van der Waals surface area contributed by atoms with Crippen LogP contribution in [0.3, 0.4) is 0 Å². The molecule has 2 aromatic rings. The van der Waals surface area contributed by atoms with E-state index in [1.165, 1.54) is 17.8 Å². The van der Waals surface area contributed by atoms with Gasteiger partial charge in [-0.2, -0.15) is 11.8 Å². The number of ether oxygens (including phenoxy) is 1. The minimum atomic E-state index is -0.354. The van der Waals surface area contributed by atoms with E-state index in [4.69, 9.17) is 9.15 Å². The molecule has 0 radical (unpaired) electrons. The Bertz CT molecular complexity index is 522. The Morgan fingerprint density at radius 2 is 2.16 bits per heavy atom. The average molecular weight is 300 g/mol. The minimum absolute atomic E-state index is 0.261. The van der Waals surface area contributed by atoms with Crippen LogP contribution in [0, 0.1) is 5.82 Å². The Morgan fingerprint density at radius 3 is 2.95 bits per heavy atom. The number of hydrogen-bond acceptors (Lipinski definition) is 6. The molecule has 7 heteroatoms. The molecule has 1 aromatic heterocycles. The molecule has 19 heavy (non-hydrogen) atoms. The summed E-state index contributed by atoms with van der Waals surface area (Å²) >= 11 is 3.02. The molecule has 0 aliphatic heterocycles. The van der Waals surface area contributed by atoms with Gasteiger partial charge in [0.15, 0.2) is 11.6 Å². The highest BCUT2D eigenvalue weighted by Crippen LogP contribution is 2.19. The molecule has 0 fully saturated rings. The fraction of sp³-hybridized carbons (Fsp3) is 0.333. The molecule has 4 nitrogen and oxygen atoms in total. The van der Waals surface area contributed by atoms with Crippen molar-refractivity contribution in [1.29, 1.82) is 0 Å². The first kappa shape index (κ1) is 14.2. The minimum Gasteiger partial charge on any atom is -0.490 e. The van der Waals surface area contributed by atoms with Gasteiger partial charge in [-0.05, 0) is 18.4 Å². The summed E-state index contributed by atoms with van der Waals surface area (Å²) in [5.74, 6) is 1.85. The number of nitrogens with zero attached hydrogens (tertiary/aromatic N) is 2. The lowest BCUT2D eigenvalue weighted by atomic mass is 10.3. The molecule has 0 aliphatic carbocycles. The van der Waals surface area contributed by atoms with Crippen molar-refractivity contribution >= 4 is 23.5 Å². The topological polar surface area (TPSA) is 48.2 Å². The molecule has 0 aliphatic rings. The van der Waals surface area contributed by atoms with Gasteiger partial charge >= 0.3 is 0 Å². The first-order valence-corrected chi connectivity index (χ1v) is 7.99. The smallest absolute Gasteiger partial charge is 0.276 e. The standard InChI is InChI=1S/C12H13FN2O2S2/c1-18-8-11-14-15-12(17-11)19-7-6-16-10-5-3-2-4-9(10)13/h2-5H,6-8H2,1H3. The van der Waals surface area contributed by atoms with Gasteiger partial charge in [0.25, 0.3) is 5.22 Å². The summed E-state index contributed by atoms with van der Waals surface area (Å²) in [5, 5.41) is 8.31. The molecule has 0 bridgehead atoms. The number of benzene rings is 1.